The number of carbonyl (C=O) groups is 1. The van der Waals surface area contributed by atoms with Gasteiger partial charge in [-0.05, 0) is 25.8 Å². The number of hydrogen-bond donors (Lipinski definition) is 2. The number of amides is 1. The van der Waals surface area contributed by atoms with Crippen LogP contribution in [-0.2, 0) is 25.3 Å². The first-order valence-corrected chi connectivity index (χ1v) is 7.70. The molecule has 0 aromatic carbocycles. The number of aromatic nitrogens is 5. The summed E-state index contributed by atoms with van der Waals surface area (Å²) >= 11 is 0. The van der Waals surface area contributed by atoms with Gasteiger partial charge >= 0.3 is 0 Å². The number of aryl methyl sites for hydroxylation is 4. The van der Waals surface area contributed by atoms with Crippen molar-refractivity contribution in [1.29, 1.82) is 0 Å². The van der Waals surface area contributed by atoms with Crippen molar-refractivity contribution in [2.24, 2.45) is 14.1 Å². The van der Waals surface area contributed by atoms with Gasteiger partial charge in [-0.25, -0.2) is 0 Å². The van der Waals surface area contributed by atoms with Crippen molar-refractivity contribution in [3.05, 3.63) is 39.6 Å². The van der Waals surface area contributed by atoms with E-state index in [1.54, 1.807) is 35.9 Å². The highest BCUT2D eigenvalue weighted by Gasteiger charge is 2.16. The maximum absolute atomic E-state index is 12.3. The third-order valence-electron chi connectivity index (χ3n) is 4.15. The van der Waals surface area contributed by atoms with Crippen molar-refractivity contribution in [1.82, 2.24) is 24.5 Å². The average Bonchev–Trinajstić information content (AvgIpc) is 3.02. The number of fused-ring (bicyclic) bond motifs is 1. The highest BCUT2D eigenvalue weighted by molar-refractivity contribution is 5.90. The third kappa shape index (κ3) is 2.82. The van der Waals surface area contributed by atoms with Crippen molar-refractivity contribution in [2.75, 3.05) is 5.32 Å². The van der Waals surface area contributed by atoms with Gasteiger partial charge in [0, 0.05) is 37.7 Å². The van der Waals surface area contributed by atoms with Gasteiger partial charge in [0.15, 0.2) is 0 Å². The highest BCUT2D eigenvalue weighted by atomic mass is 16.1. The second-order valence-corrected chi connectivity index (χ2v) is 5.94. The maximum atomic E-state index is 12.3. The van der Waals surface area contributed by atoms with Crippen molar-refractivity contribution in [2.45, 2.75) is 26.7 Å². The first-order chi connectivity index (χ1) is 11.4. The predicted octanol–water partition coefficient (Wildman–Crippen LogP) is 1.18. The summed E-state index contributed by atoms with van der Waals surface area (Å²) < 4.78 is 3.28. The Morgan fingerprint density at radius 3 is 2.75 bits per heavy atom. The molecule has 3 heterocycles. The lowest BCUT2D eigenvalue weighted by Gasteiger charge is -2.07. The van der Waals surface area contributed by atoms with Crippen LogP contribution in [0.15, 0.2) is 17.2 Å². The van der Waals surface area contributed by atoms with Crippen LogP contribution < -0.4 is 10.9 Å². The molecular formula is C16H20N6O2. The summed E-state index contributed by atoms with van der Waals surface area (Å²) in [5.41, 5.74) is 3.55. The van der Waals surface area contributed by atoms with Crippen LogP contribution in [0, 0.1) is 13.8 Å². The Kier molecular flexibility index (Phi) is 3.96. The van der Waals surface area contributed by atoms with Gasteiger partial charge in [-0.3, -0.25) is 19.0 Å². The van der Waals surface area contributed by atoms with Crippen LogP contribution in [0.1, 0.15) is 23.2 Å². The van der Waals surface area contributed by atoms with Gasteiger partial charge in [-0.1, -0.05) is 0 Å². The molecule has 3 aromatic heterocycles. The molecule has 1 amide bonds. The summed E-state index contributed by atoms with van der Waals surface area (Å²) in [4.78, 5) is 27.3. The third-order valence-corrected chi connectivity index (χ3v) is 4.15. The van der Waals surface area contributed by atoms with Crippen LogP contribution in [0.4, 0.5) is 5.69 Å². The van der Waals surface area contributed by atoms with Crippen molar-refractivity contribution in [3.8, 4) is 0 Å². The summed E-state index contributed by atoms with van der Waals surface area (Å²) in [6.45, 7) is 3.81. The molecule has 3 rings (SSSR count). The quantitative estimate of drug-likeness (QED) is 0.751. The summed E-state index contributed by atoms with van der Waals surface area (Å²) in [6, 6.07) is 0. The smallest absolute Gasteiger partial charge is 0.253 e. The standard InChI is InChI=1S/C16H20N6O2/c1-9-12(5-6-13(23)18-11-7-17-21(3)8-11)16(24)19-15-14(9)10(2)20-22(15)4/h7-8H,5-6H2,1-4H3,(H,18,23)(H,19,24). The van der Waals surface area contributed by atoms with E-state index in [0.29, 0.717) is 23.3 Å². The van der Waals surface area contributed by atoms with E-state index in [2.05, 4.69) is 20.5 Å². The van der Waals surface area contributed by atoms with Crippen molar-refractivity contribution >= 4 is 22.6 Å². The highest BCUT2D eigenvalue weighted by Crippen LogP contribution is 2.21. The molecule has 0 spiro atoms. The van der Waals surface area contributed by atoms with Gasteiger partial charge in [0.2, 0.25) is 5.91 Å². The van der Waals surface area contributed by atoms with Crippen LogP contribution in [0.2, 0.25) is 0 Å². The Morgan fingerprint density at radius 2 is 2.08 bits per heavy atom. The molecule has 0 saturated heterocycles. The fourth-order valence-corrected chi connectivity index (χ4v) is 3.00. The van der Waals surface area contributed by atoms with E-state index >= 15 is 0 Å². The molecule has 0 atom stereocenters. The zero-order valence-corrected chi connectivity index (χ0v) is 14.2. The zero-order valence-electron chi connectivity index (χ0n) is 14.2. The van der Waals surface area contributed by atoms with Gasteiger partial charge in [-0.15, -0.1) is 0 Å². The lowest BCUT2D eigenvalue weighted by atomic mass is 10.0. The SMILES string of the molecule is Cc1nn(C)c2[nH]c(=O)c(CCC(=O)Nc3cnn(C)c3)c(C)c12. The van der Waals surface area contributed by atoms with E-state index < -0.39 is 0 Å². The van der Waals surface area contributed by atoms with Crippen LogP contribution in [-0.4, -0.2) is 30.5 Å². The predicted molar refractivity (Wildman–Crippen MR) is 91.0 cm³/mol. The van der Waals surface area contributed by atoms with E-state index in [0.717, 1.165) is 16.6 Å². The van der Waals surface area contributed by atoms with Crippen LogP contribution in [0.25, 0.3) is 11.0 Å². The van der Waals surface area contributed by atoms with Gasteiger partial charge in [0.1, 0.15) is 5.65 Å². The number of anilines is 1. The molecule has 126 valence electrons. The number of hydrogen-bond acceptors (Lipinski definition) is 4. The number of rotatable bonds is 4. The molecule has 0 bridgehead atoms. The van der Waals surface area contributed by atoms with Gasteiger partial charge < -0.3 is 10.3 Å². The number of H-pyrrole nitrogens is 1. The molecule has 0 fully saturated rings. The summed E-state index contributed by atoms with van der Waals surface area (Å²) in [6.07, 6.45) is 3.91. The minimum atomic E-state index is -0.169. The summed E-state index contributed by atoms with van der Waals surface area (Å²) in [5.74, 6) is -0.148. The van der Waals surface area contributed by atoms with Crippen LogP contribution in [0.5, 0.6) is 0 Å². The van der Waals surface area contributed by atoms with E-state index in [1.807, 2.05) is 13.8 Å². The summed E-state index contributed by atoms with van der Waals surface area (Å²) in [7, 11) is 3.58. The van der Waals surface area contributed by atoms with E-state index in [1.165, 1.54) is 0 Å². The Hall–Kier alpha value is -2.90. The monoisotopic (exact) mass is 328 g/mol. The molecule has 0 aliphatic heterocycles. The molecule has 0 unspecified atom stereocenters. The maximum Gasteiger partial charge on any atom is 0.253 e. The molecule has 8 heteroatoms. The molecule has 3 aromatic rings. The fraction of sp³-hybridized carbons (Fsp3) is 0.375. The number of carbonyl (C=O) groups excluding carboxylic acids is 1. The molecule has 0 aliphatic carbocycles. The lowest BCUT2D eigenvalue weighted by molar-refractivity contribution is -0.116. The first-order valence-electron chi connectivity index (χ1n) is 7.70. The second kappa shape index (κ2) is 5.95. The number of nitrogens with zero attached hydrogens (tertiary/aromatic N) is 4. The minimum Gasteiger partial charge on any atom is -0.323 e. The normalized spacial score (nSPS) is 11.2. The van der Waals surface area contributed by atoms with Gasteiger partial charge in [0.25, 0.3) is 5.56 Å². The van der Waals surface area contributed by atoms with E-state index in [9.17, 15) is 9.59 Å². The van der Waals surface area contributed by atoms with Crippen molar-refractivity contribution < 1.29 is 4.79 Å². The molecule has 0 aliphatic rings. The Morgan fingerprint density at radius 1 is 1.33 bits per heavy atom. The summed E-state index contributed by atoms with van der Waals surface area (Å²) in [5, 5.41) is 12.1. The zero-order chi connectivity index (χ0) is 17.4. The van der Waals surface area contributed by atoms with Gasteiger partial charge in [-0.2, -0.15) is 10.2 Å². The van der Waals surface area contributed by atoms with Crippen molar-refractivity contribution in [3.63, 3.8) is 0 Å². The second-order valence-electron chi connectivity index (χ2n) is 5.94. The molecule has 0 radical (unpaired) electrons. The van der Waals surface area contributed by atoms with Crippen LogP contribution in [0.3, 0.4) is 0 Å². The Balaban J connectivity index is 1.81. The molecule has 24 heavy (non-hydrogen) atoms. The molecule has 0 saturated carbocycles. The topological polar surface area (TPSA) is 97.6 Å². The van der Waals surface area contributed by atoms with E-state index in [4.69, 9.17) is 0 Å². The first kappa shape index (κ1) is 16.0. The van der Waals surface area contributed by atoms with Gasteiger partial charge in [0.05, 0.1) is 17.6 Å². The molecule has 2 N–H and O–H groups in total. The van der Waals surface area contributed by atoms with E-state index in [-0.39, 0.29) is 17.9 Å². The average molecular weight is 328 g/mol. The Labute approximate surface area is 138 Å². The molecular weight excluding hydrogens is 308 g/mol. The number of aromatic amines is 1. The molecule has 8 nitrogen and oxygen atoms in total. The number of nitrogens with one attached hydrogen (secondary N) is 2. The lowest BCUT2D eigenvalue weighted by Crippen LogP contribution is -2.19. The number of pyridine rings is 1. The minimum absolute atomic E-state index is 0.148. The fourth-order valence-electron chi connectivity index (χ4n) is 3.00. The largest absolute Gasteiger partial charge is 0.323 e. The van der Waals surface area contributed by atoms with Crippen LogP contribution >= 0.6 is 0 Å². The Bertz CT molecular complexity index is 979.